The Kier molecular flexibility index (Phi) is 6.47. The zero-order chi connectivity index (χ0) is 23.5. The Morgan fingerprint density at radius 1 is 1.06 bits per heavy atom. The topological polar surface area (TPSA) is 75.1 Å². The summed E-state index contributed by atoms with van der Waals surface area (Å²) >= 11 is 0. The lowest BCUT2D eigenvalue weighted by Gasteiger charge is -2.34. The number of para-hydroxylation sites is 1. The number of likely N-dealkylation sites (tertiary alicyclic amines) is 1. The summed E-state index contributed by atoms with van der Waals surface area (Å²) in [5.74, 6) is 0.713. The number of pyridine rings is 1. The van der Waals surface area contributed by atoms with Crippen molar-refractivity contribution in [3.05, 3.63) is 89.2 Å². The molecule has 34 heavy (non-hydrogen) atoms. The van der Waals surface area contributed by atoms with Gasteiger partial charge in [0, 0.05) is 32.4 Å². The van der Waals surface area contributed by atoms with Gasteiger partial charge in [0.05, 0.1) is 30.5 Å². The van der Waals surface area contributed by atoms with Crippen LogP contribution >= 0.6 is 0 Å². The molecule has 0 spiro atoms. The molecule has 1 saturated heterocycles. The number of carbonyl (C=O) groups is 1. The van der Waals surface area contributed by atoms with Gasteiger partial charge in [-0.2, -0.15) is 0 Å². The van der Waals surface area contributed by atoms with E-state index < -0.39 is 6.10 Å². The first kappa shape index (κ1) is 22.4. The van der Waals surface area contributed by atoms with Gasteiger partial charge < -0.3 is 19.5 Å². The number of hydrogen-bond acceptors (Lipinski definition) is 6. The Balaban J connectivity index is 1.33. The van der Waals surface area contributed by atoms with E-state index in [0.717, 1.165) is 25.2 Å². The molecule has 2 aliphatic heterocycles. The lowest BCUT2D eigenvalue weighted by Crippen LogP contribution is -2.45. The molecule has 0 bridgehead atoms. The average molecular weight is 460 g/mol. The second-order valence-electron chi connectivity index (χ2n) is 8.78. The number of β-amino-alcohol motifs (C(OH)–C–C–N with tert-alkyl or cyclic N) is 1. The number of benzene rings is 2. The minimum Gasteiger partial charge on any atom is -0.493 e. The van der Waals surface area contributed by atoms with Gasteiger partial charge in [0.2, 0.25) is 0 Å². The van der Waals surface area contributed by atoms with Crippen molar-refractivity contribution in [1.82, 2.24) is 14.8 Å². The number of ether oxygens (including phenoxy) is 2. The third-order valence-electron chi connectivity index (χ3n) is 6.70. The summed E-state index contributed by atoms with van der Waals surface area (Å²) in [6.07, 6.45) is 2.06. The lowest BCUT2D eigenvalue weighted by atomic mass is 9.98. The van der Waals surface area contributed by atoms with Crippen LogP contribution in [0.15, 0.2) is 66.9 Å². The van der Waals surface area contributed by atoms with Gasteiger partial charge in [0.25, 0.3) is 5.91 Å². The number of rotatable bonds is 6. The summed E-state index contributed by atoms with van der Waals surface area (Å²) in [7, 11) is 1.56. The van der Waals surface area contributed by atoms with Crippen LogP contribution in [0.4, 0.5) is 0 Å². The Morgan fingerprint density at radius 3 is 2.68 bits per heavy atom. The number of aliphatic hydroxyl groups is 1. The SMILES string of the molecule is COc1cccc(C(=O)N2C[C@H](O)[C@@H](N3CCc4ccccc4C3)C2)c1OCc1ccccn1. The maximum Gasteiger partial charge on any atom is 0.257 e. The van der Waals surface area contributed by atoms with Gasteiger partial charge >= 0.3 is 0 Å². The van der Waals surface area contributed by atoms with Crippen LogP contribution in [0.2, 0.25) is 0 Å². The largest absolute Gasteiger partial charge is 0.493 e. The molecule has 2 atom stereocenters. The molecular formula is C27H29N3O4. The Bertz CT molecular complexity index is 1150. The molecule has 1 amide bonds. The van der Waals surface area contributed by atoms with Gasteiger partial charge in [0.1, 0.15) is 6.61 Å². The van der Waals surface area contributed by atoms with E-state index in [2.05, 4.69) is 34.1 Å². The Labute approximate surface area is 199 Å². The van der Waals surface area contributed by atoms with Gasteiger partial charge in [-0.15, -0.1) is 0 Å². The zero-order valence-corrected chi connectivity index (χ0v) is 19.3. The molecule has 0 unspecified atom stereocenters. The second kappa shape index (κ2) is 9.83. The summed E-state index contributed by atoms with van der Waals surface area (Å²) < 4.78 is 11.5. The third kappa shape index (κ3) is 4.49. The fraction of sp³-hybridized carbons (Fsp3) is 0.333. The highest BCUT2D eigenvalue weighted by Gasteiger charge is 2.39. The van der Waals surface area contributed by atoms with E-state index in [0.29, 0.717) is 30.2 Å². The van der Waals surface area contributed by atoms with Gasteiger partial charge in [-0.1, -0.05) is 36.4 Å². The van der Waals surface area contributed by atoms with Crippen molar-refractivity contribution < 1.29 is 19.4 Å². The van der Waals surface area contributed by atoms with Crippen LogP contribution < -0.4 is 9.47 Å². The quantitative estimate of drug-likeness (QED) is 0.611. The molecule has 0 saturated carbocycles. The molecule has 3 aromatic rings. The van der Waals surface area contributed by atoms with Crippen LogP contribution in [-0.2, 0) is 19.6 Å². The molecule has 176 valence electrons. The first-order chi connectivity index (χ1) is 16.6. The highest BCUT2D eigenvalue weighted by Crippen LogP contribution is 2.34. The highest BCUT2D eigenvalue weighted by atomic mass is 16.5. The van der Waals surface area contributed by atoms with Gasteiger partial charge in [-0.25, -0.2) is 0 Å². The summed E-state index contributed by atoms with van der Waals surface area (Å²) in [6, 6.07) is 19.3. The fourth-order valence-electron chi connectivity index (χ4n) is 4.89. The van der Waals surface area contributed by atoms with Crippen molar-refractivity contribution in [2.45, 2.75) is 31.7 Å². The predicted molar refractivity (Wildman–Crippen MR) is 128 cm³/mol. The number of fused-ring (bicyclic) bond motifs is 1. The van der Waals surface area contributed by atoms with Crippen molar-refractivity contribution in [2.75, 3.05) is 26.7 Å². The number of aromatic nitrogens is 1. The van der Waals surface area contributed by atoms with E-state index in [1.807, 2.05) is 18.2 Å². The van der Waals surface area contributed by atoms with Crippen molar-refractivity contribution in [1.29, 1.82) is 0 Å². The first-order valence-electron chi connectivity index (χ1n) is 11.6. The molecule has 5 rings (SSSR count). The van der Waals surface area contributed by atoms with E-state index in [1.165, 1.54) is 11.1 Å². The third-order valence-corrected chi connectivity index (χ3v) is 6.70. The summed E-state index contributed by atoms with van der Waals surface area (Å²) in [5, 5.41) is 10.9. The van der Waals surface area contributed by atoms with E-state index >= 15 is 0 Å². The molecule has 2 aliphatic rings. The molecule has 0 radical (unpaired) electrons. The van der Waals surface area contributed by atoms with Crippen molar-refractivity contribution >= 4 is 5.91 Å². The monoisotopic (exact) mass is 459 g/mol. The van der Waals surface area contributed by atoms with Gasteiger partial charge in [-0.05, 0) is 41.8 Å². The molecule has 2 aromatic carbocycles. The van der Waals surface area contributed by atoms with Gasteiger partial charge in [-0.3, -0.25) is 14.7 Å². The first-order valence-corrected chi connectivity index (χ1v) is 11.6. The number of methoxy groups -OCH3 is 1. The van der Waals surface area contributed by atoms with E-state index in [1.54, 1.807) is 36.4 Å². The summed E-state index contributed by atoms with van der Waals surface area (Å²) in [4.78, 5) is 21.9. The Hall–Kier alpha value is -3.42. The van der Waals surface area contributed by atoms with Crippen LogP contribution in [0.3, 0.4) is 0 Å². The van der Waals surface area contributed by atoms with Crippen molar-refractivity contribution in [3.8, 4) is 11.5 Å². The minimum absolute atomic E-state index is 0.0965. The van der Waals surface area contributed by atoms with Gasteiger partial charge in [0.15, 0.2) is 11.5 Å². The standard InChI is InChI=1S/C27H29N3O4/c1-33-25-11-6-10-22(26(25)34-18-21-9-4-5-13-28-21)27(32)30-16-23(24(31)17-30)29-14-12-19-7-2-3-8-20(19)15-29/h2-11,13,23-24,31H,12,14-18H2,1H3/t23-,24-/m0/s1. The number of amides is 1. The molecule has 3 heterocycles. The molecule has 7 nitrogen and oxygen atoms in total. The smallest absolute Gasteiger partial charge is 0.257 e. The number of nitrogens with zero attached hydrogens (tertiary/aromatic N) is 3. The normalized spacial score (nSPS) is 20.1. The van der Waals surface area contributed by atoms with Crippen LogP contribution in [-0.4, -0.2) is 64.7 Å². The van der Waals surface area contributed by atoms with Crippen LogP contribution in [0.1, 0.15) is 27.2 Å². The van der Waals surface area contributed by atoms with Crippen LogP contribution in [0.5, 0.6) is 11.5 Å². The number of carbonyl (C=O) groups excluding carboxylic acids is 1. The van der Waals surface area contributed by atoms with E-state index in [9.17, 15) is 9.90 Å². The predicted octanol–water partition coefficient (Wildman–Crippen LogP) is 2.91. The molecular weight excluding hydrogens is 430 g/mol. The fourth-order valence-corrected chi connectivity index (χ4v) is 4.89. The van der Waals surface area contributed by atoms with Crippen molar-refractivity contribution in [3.63, 3.8) is 0 Å². The highest BCUT2D eigenvalue weighted by molar-refractivity contribution is 5.98. The summed E-state index contributed by atoms with van der Waals surface area (Å²) in [5.41, 5.74) is 3.84. The maximum absolute atomic E-state index is 13.6. The zero-order valence-electron chi connectivity index (χ0n) is 19.3. The average Bonchev–Trinajstić information content (AvgIpc) is 3.28. The van der Waals surface area contributed by atoms with E-state index in [-0.39, 0.29) is 18.6 Å². The number of hydrogen-bond donors (Lipinski definition) is 1. The van der Waals surface area contributed by atoms with Crippen LogP contribution in [0.25, 0.3) is 0 Å². The van der Waals surface area contributed by atoms with E-state index in [4.69, 9.17) is 9.47 Å². The molecule has 7 heteroatoms. The minimum atomic E-state index is -0.599. The second-order valence-corrected chi connectivity index (χ2v) is 8.78. The molecule has 1 fully saturated rings. The number of aliphatic hydroxyl groups excluding tert-OH is 1. The molecule has 1 N–H and O–H groups in total. The Morgan fingerprint density at radius 2 is 1.88 bits per heavy atom. The molecule has 1 aromatic heterocycles. The molecule has 0 aliphatic carbocycles. The summed E-state index contributed by atoms with van der Waals surface area (Å²) in [6.45, 7) is 2.65. The van der Waals surface area contributed by atoms with Crippen molar-refractivity contribution in [2.24, 2.45) is 0 Å². The van der Waals surface area contributed by atoms with Crippen LogP contribution in [0, 0.1) is 0 Å². The lowest BCUT2D eigenvalue weighted by molar-refractivity contribution is 0.0733. The maximum atomic E-state index is 13.6.